The van der Waals surface area contributed by atoms with Gasteiger partial charge in [-0.15, -0.1) is 0 Å². The molecule has 0 bridgehead atoms. The molecule has 5 heteroatoms. The number of anilines is 1. The van der Waals surface area contributed by atoms with Crippen molar-refractivity contribution in [1.82, 2.24) is 15.2 Å². The van der Waals surface area contributed by atoms with E-state index in [9.17, 15) is 0 Å². The van der Waals surface area contributed by atoms with E-state index in [0.717, 1.165) is 44.4 Å². The Balaban J connectivity index is 1.52. The summed E-state index contributed by atoms with van der Waals surface area (Å²) < 4.78 is 5.63. The first-order chi connectivity index (χ1) is 9.52. The van der Waals surface area contributed by atoms with Crippen molar-refractivity contribution >= 4 is 6.01 Å². The van der Waals surface area contributed by atoms with Crippen LogP contribution in [0.3, 0.4) is 0 Å². The van der Waals surface area contributed by atoms with Gasteiger partial charge in [0, 0.05) is 44.3 Å². The second-order valence-corrected chi connectivity index (χ2v) is 6.92. The van der Waals surface area contributed by atoms with Crippen molar-refractivity contribution < 1.29 is 4.42 Å². The molecule has 1 aliphatic heterocycles. The van der Waals surface area contributed by atoms with E-state index in [4.69, 9.17) is 4.42 Å². The lowest BCUT2D eigenvalue weighted by atomic mass is 10.1. The highest BCUT2D eigenvalue weighted by Gasteiger charge is 2.27. The van der Waals surface area contributed by atoms with E-state index >= 15 is 0 Å². The van der Waals surface area contributed by atoms with Gasteiger partial charge in [0.1, 0.15) is 6.26 Å². The first-order valence-electron chi connectivity index (χ1n) is 7.70. The fourth-order valence-corrected chi connectivity index (χ4v) is 2.63. The Morgan fingerprint density at radius 1 is 1.25 bits per heavy atom. The molecule has 20 heavy (non-hydrogen) atoms. The third-order valence-corrected chi connectivity index (χ3v) is 4.19. The molecule has 0 unspecified atom stereocenters. The van der Waals surface area contributed by atoms with Crippen LogP contribution in [0.2, 0.25) is 0 Å². The molecule has 1 aromatic heterocycles. The maximum atomic E-state index is 5.63. The third-order valence-electron chi connectivity index (χ3n) is 4.19. The van der Waals surface area contributed by atoms with E-state index in [1.807, 2.05) is 0 Å². The van der Waals surface area contributed by atoms with E-state index in [1.165, 1.54) is 12.8 Å². The van der Waals surface area contributed by atoms with Gasteiger partial charge in [0.05, 0.1) is 5.69 Å². The van der Waals surface area contributed by atoms with Crippen molar-refractivity contribution in [2.45, 2.75) is 51.7 Å². The Bertz CT molecular complexity index is 439. The maximum absolute atomic E-state index is 5.63. The smallest absolute Gasteiger partial charge is 0.297 e. The zero-order chi connectivity index (χ0) is 14.2. The summed E-state index contributed by atoms with van der Waals surface area (Å²) in [5.74, 6) is 0. The predicted octanol–water partition coefficient (Wildman–Crippen LogP) is 1.85. The molecule has 0 spiro atoms. The quantitative estimate of drug-likeness (QED) is 0.910. The van der Waals surface area contributed by atoms with Crippen LogP contribution in [-0.4, -0.2) is 47.6 Å². The van der Waals surface area contributed by atoms with Gasteiger partial charge in [0.2, 0.25) is 0 Å². The minimum atomic E-state index is 0.252. The topological polar surface area (TPSA) is 44.5 Å². The van der Waals surface area contributed by atoms with Gasteiger partial charge in [-0.1, -0.05) is 0 Å². The summed E-state index contributed by atoms with van der Waals surface area (Å²) in [7, 11) is 0. The average molecular weight is 278 g/mol. The van der Waals surface area contributed by atoms with E-state index in [2.05, 4.69) is 40.9 Å². The first kappa shape index (κ1) is 13.9. The Morgan fingerprint density at radius 2 is 1.95 bits per heavy atom. The third kappa shape index (κ3) is 3.33. The van der Waals surface area contributed by atoms with E-state index in [-0.39, 0.29) is 5.54 Å². The van der Waals surface area contributed by atoms with Crippen LogP contribution < -0.4 is 10.2 Å². The SMILES string of the molecule is CC(C)(C)N1CCN(c2nc(CNC3CC3)co2)CC1. The minimum Gasteiger partial charge on any atom is -0.432 e. The molecular weight excluding hydrogens is 252 g/mol. The largest absolute Gasteiger partial charge is 0.432 e. The molecule has 0 radical (unpaired) electrons. The Labute approximate surface area is 121 Å². The summed E-state index contributed by atoms with van der Waals surface area (Å²) in [4.78, 5) is 9.37. The number of hydrogen-bond acceptors (Lipinski definition) is 5. The predicted molar refractivity (Wildman–Crippen MR) is 79.9 cm³/mol. The molecule has 0 aromatic carbocycles. The van der Waals surface area contributed by atoms with Gasteiger partial charge in [-0.25, -0.2) is 0 Å². The van der Waals surface area contributed by atoms with Crippen molar-refractivity contribution in [2.24, 2.45) is 0 Å². The van der Waals surface area contributed by atoms with Crippen LogP contribution in [0, 0.1) is 0 Å². The standard InChI is InChI=1S/C15H26N4O/c1-15(2,3)19-8-6-18(7-9-19)14-17-13(11-20-14)10-16-12-4-5-12/h11-12,16H,4-10H2,1-3H3. The normalized spacial score (nSPS) is 21.4. The van der Waals surface area contributed by atoms with Gasteiger partial charge in [-0.2, -0.15) is 4.98 Å². The molecule has 2 heterocycles. The van der Waals surface area contributed by atoms with Gasteiger partial charge < -0.3 is 14.6 Å². The van der Waals surface area contributed by atoms with Crippen LogP contribution in [0.15, 0.2) is 10.7 Å². The minimum absolute atomic E-state index is 0.252. The maximum Gasteiger partial charge on any atom is 0.297 e. The Hall–Kier alpha value is -1.07. The number of piperazine rings is 1. The molecule has 0 atom stereocenters. The first-order valence-corrected chi connectivity index (χ1v) is 7.70. The molecule has 2 fully saturated rings. The molecule has 5 nitrogen and oxygen atoms in total. The van der Waals surface area contributed by atoms with E-state index in [1.54, 1.807) is 6.26 Å². The van der Waals surface area contributed by atoms with Gasteiger partial charge >= 0.3 is 0 Å². The average Bonchev–Trinajstić information content (AvgIpc) is 3.13. The highest BCUT2D eigenvalue weighted by atomic mass is 16.4. The highest BCUT2D eigenvalue weighted by Crippen LogP contribution is 2.22. The number of aromatic nitrogens is 1. The van der Waals surface area contributed by atoms with Crippen LogP contribution in [-0.2, 0) is 6.54 Å². The van der Waals surface area contributed by atoms with Crippen molar-refractivity contribution in [3.63, 3.8) is 0 Å². The number of oxazole rings is 1. The van der Waals surface area contributed by atoms with Crippen LogP contribution >= 0.6 is 0 Å². The molecule has 2 aliphatic rings. The molecule has 1 saturated carbocycles. The van der Waals surface area contributed by atoms with Crippen molar-refractivity contribution in [3.8, 4) is 0 Å². The fourth-order valence-electron chi connectivity index (χ4n) is 2.63. The van der Waals surface area contributed by atoms with E-state index < -0.39 is 0 Å². The lowest BCUT2D eigenvalue weighted by Gasteiger charge is -2.41. The van der Waals surface area contributed by atoms with Crippen LogP contribution in [0.25, 0.3) is 0 Å². The second kappa shape index (κ2) is 5.37. The lowest BCUT2D eigenvalue weighted by Crippen LogP contribution is -2.53. The molecule has 0 amide bonds. The molecule has 1 N–H and O–H groups in total. The van der Waals surface area contributed by atoms with Gasteiger partial charge in [-0.3, -0.25) is 4.90 Å². The number of nitrogens with one attached hydrogen (secondary N) is 1. The van der Waals surface area contributed by atoms with Crippen LogP contribution in [0.1, 0.15) is 39.3 Å². The zero-order valence-corrected chi connectivity index (χ0v) is 12.9. The zero-order valence-electron chi connectivity index (χ0n) is 12.9. The fraction of sp³-hybridized carbons (Fsp3) is 0.800. The molecular formula is C15H26N4O. The summed E-state index contributed by atoms with van der Waals surface area (Å²) in [6.45, 7) is 11.8. The molecule has 1 aliphatic carbocycles. The second-order valence-electron chi connectivity index (χ2n) is 6.92. The summed E-state index contributed by atoms with van der Waals surface area (Å²) in [5.41, 5.74) is 1.27. The summed E-state index contributed by atoms with van der Waals surface area (Å²) in [6, 6.07) is 1.50. The summed E-state index contributed by atoms with van der Waals surface area (Å²) in [5, 5.41) is 3.47. The van der Waals surface area contributed by atoms with Crippen molar-refractivity contribution in [1.29, 1.82) is 0 Å². The monoisotopic (exact) mass is 278 g/mol. The molecule has 3 rings (SSSR count). The van der Waals surface area contributed by atoms with Gasteiger partial charge in [0.15, 0.2) is 0 Å². The van der Waals surface area contributed by atoms with Gasteiger partial charge in [0.25, 0.3) is 6.01 Å². The van der Waals surface area contributed by atoms with Crippen LogP contribution in [0.4, 0.5) is 6.01 Å². The lowest BCUT2D eigenvalue weighted by molar-refractivity contribution is 0.127. The van der Waals surface area contributed by atoms with Crippen molar-refractivity contribution in [3.05, 3.63) is 12.0 Å². The molecule has 1 saturated heterocycles. The molecule has 112 valence electrons. The number of rotatable bonds is 4. The number of nitrogens with zero attached hydrogens (tertiary/aromatic N) is 3. The Morgan fingerprint density at radius 3 is 2.55 bits per heavy atom. The van der Waals surface area contributed by atoms with Gasteiger partial charge in [-0.05, 0) is 33.6 Å². The molecule has 1 aromatic rings. The summed E-state index contributed by atoms with van der Waals surface area (Å²) in [6.07, 6.45) is 4.40. The van der Waals surface area contributed by atoms with Crippen LogP contribution in [0.5, 0.6) is 0 Å². The Kier molecular flexibility index (Phi) is 3.73. The van der Waals surface area contributed by atoms with Crippen molar-refractivity contribution in [2.75, 3.05) is 31.1 Å². The highest BCUT2D eigenvalue weighted by molar-refractivity contribution is 5.28. The summed E-state index contributed by atoms with van der Waals surface area (Å²) >= 11 is 0. The van der Waals surface area contributed by atoms with E-state index in [0.29, 0.717) is 6.04 Å². The number of hydrogen-bond donors (Lipinski definition) is 1.